The summed E-state index contributed by atoms with van der Waals surface area (Å²) >= 11 is 0. The molecule has 1 heterocycles. The molecule has 0 spiro atoms. The molecule has 4 heteroatoms. The van der Waals surface area contributed by atoms with E-state index in [0.29, 0.717) is 0 Å². The molecule has 1 saturated heterocycles. The first-order chi connectivity index (χ1) is 8.56. The van der Waals surface area contributed by atoms with Crippen LogP contribution in [0, 0.1) is 17.8 Å². The average molecular weight is 255 g/mol. The van der Waals surface area contributed by atoms with E-state index in [4.69, 9.17) is 5.11 Å². The molecule has 0 radical (unpaired) electrons. The number of nitrogens with zero attached hydrogens (tertiary/aromatic N) is 1. The summed E-state index contributed by atoms with van der Waals surface area (Å²) in [6.07, 6.45) is 5.88. The minimum absolute atomic E-state index is 0.228. The van der Waals surface area contributed by atoms with Gasteiger partial charge in [0, 0.05) is 19.6 Å². The normalized spacial score (nSPS) is 25.9. The Morgan fingerprint density at radius 3 is 2.50 bits per heavy atom. The number of rotatable bonds is 6. The van der Waals surface area contributed by atoms with E-state index in [1.54, 1.807) is 6.92 Å². The summed E-state index contributed by atoms with van der Waals surface area (Å²) < 4.78 is 0. The zero-order valence-electron chi connectivity index (χ0n) is 11.2. The lowest BCUT2D eigenvalue weighted by molar-refractivity contribution is -0.145. The van der Waals surface area contributed by atoms with E-state index in [0.717, 1.165) is 32.0 Å². The number of carboxylic acid groups (broad SMARTS) is 1. The summed E-state index contributed by atoms with van der Waals surface area (Å²) in [6, 6.07) is 0. The molecule has 18 heavy (non-hydrogen) atoms. The SMILES string of the molecule is CC(C(=O)O)C1CN(CC(O)CC2CCCC2)C1. The molecule has 0 aromatic rings. The Bertz CT molecular complexity index is 283. The largest absolute Gasteiger partial charge is 0.481 e. The van der Waals surface area contributed by atoms with Gasteiger partial charge in [-0.15, -0.1) is 0 Å². The predicted molar refractivity (Wildman–Crippen MR) is 69.3 cm³/mol. The molecule has 2 aliphatic rings. The van der Waals surface area contributed by atoms with Gasteiger partial charge in [-0.3, -0.25) is 4.79 Å². The highest BCUT2D eigenvalue weighted by Gasteiger charge is 2.35. The second-order valence-electron chi connectivity index (χ2n) is 6.15. The Balaban J connectivity index is 1.62. The van der Waals surface area contributed by atoms with Crippen molar-refractivity contribution >= 4 is 5.97 Å². The molecule has 2 N–H and O–H groups in total. The van der Waals surface area contributed by atoms with Gasteiger partial charge in [-0.25, -0.2) is 0 Å². The first-order valence-corrected chi connectivity index (χ1v) is 7.19. The minimum atomic E-state index is -0.703. The van der Waals surface area contributed by atoms with Gasteiger partial charge in [0.2, 0.25) is 0 Å². The van der Waals surface area contributed by atoms with E-state index in [1.165, 1.54) is 25.7 Å². The summed E-state index contributed by atoms with van der Waals surface area (Å²) in [6.45, 7) is 4.16. The van der Waals surface area contributed by atoms with Crippen LogP contribution < -0.4 is 0 Å². The molecular weight excluding hydrogens is 230 g/mol. The van der Waals surface area contributed by atoms with E-state index >= 15 is 0 Å². The topological polar surface area (TPSA) is 60.8 Å². The summed E-state index contributed by atoms with van der Waals surface area (Å²) in [5.41, 5.74) is 0. The molecule has 2 fully saturated rings. The van der Waals surface area contributed by atoms with Crippen LogP contribution in [0.4, 0.5) is 0 Å². The molecular formula is C14H25NO3. The Morgan fingerprint density at radius 1 is 1.33 bits per heavy atom. The fourth-order valence-corrected chi connectivity index (χ4v) is 3.28. The first kappa shape index (κ1) is 13.8. The number of aliphatic hydroxyl groups is 1. The van der Waals surface area contributed by atoms with Crippen LogP contribution in [0.2, 0.25) is 0 Å². The van der Waals surface area contributed by atoms with E-state index in [-0.39, 0.29) is 17.9 Å². The Morgan fingerprint density at radius 2 is 1.94 bits per heavy atom. The fraction of sp³-hybridized carbons (Fsp3) is 0.929. The quantitative estimate of drug-likeness (QED) is 0.756. The van der Waals surface area contributed by atoms with Gasteiger partial charge in [-0.1, -0.05) is 32.6 Å². The van der Waals surface area contributed by atoms with Gasteiger partial charge in [-0.2, -0.15) is 0 Å². The highest BCUT2D eigenvalue weighted by atomic mass is 16.4. The molecule has 0 amide bonds. The van der Waals surface area contributed by atoms with Crippen LogP contribution in [0.25, 0.3) is 0 Å². The third-order valence-corrected chi connectivity index (χ3v) is 4.63. The zero-order chi connectivity index (χ0) is 13.1. The third kappa shape index (κ3) is 3.45. The first-order valence-electron chi connectivity index (χ1n) is 7.19. The molecule has 0 aromatic heterocycles. The van der Waals surface area contributed by atoms with Gasteiger partial charge in [0.05, 0.1) is 12.0 Å². The van der Waals surface area contributed by atoms with Gasteiger partial charge < -0.3 is 15.1 Å². The lowest BCUT2D eigenvalue weighted by Crippen LogP contribution is -2.53. The van der Waals surface area contributed by atoms with E-state index in [2.05, 4.69) is 4.90 Å². The minimum Gasteiger partial charge on any atom is -0.481 e. The summed E-state index contributed by atoms with van der Waals surface area (Å²) in [5, 5.41) is 18.9. The zero-order valence-corrected chi connectivity index (χ0v) is 11.2. The monoisotopic (exact) mass is 255 g/mol. The number of β-amino-alcohol motifs (C(OH)–C–C–N with tert-alkyl or cyclic N) is 1. The molecule has 2 rings (SSSR count). The van der Waals surface area contributed by atoms with Gasteiger partial charge in [-0.05, 0) is 18.3 Å². The molecule has 2 unspecified atom stereocenters. The molecule has 4 nitrogen and oxygen atoms in total. The Labute approximate surface area is 109 Å². The van der Waals surface area contributed by atoms with Crippen molar-refractivity contribution in [1.82, 2.24) is 4.90 Å². The second kappa shape index (κ2) is 6.02. The number of likely N-dealkylation sites (tertiary alicyclic amines) is 1. The van der Waals surface area contributed by atoms with Gasteiger partial charge in [0.25, 0.3) is 0 Å². The van der Waals surface area contributed by atoms with Gasteiger partial charge in [0.1, 0.15) is 0 Å². The third-order valence-electron chi connectivity index (χ3n) is 4.63. The number of carboxylic acids is 1. The molecule has 2 atom stereocenters. The van der Waals surface area contributed by atoms with E-state index in [1.807, 2.05) is 0 Å². The standard InChI is InChI=1S/C14H25NO3/c1-10(14(17)18)12-7-15(8-12)9-13(16)6-11-4-2-3-5-11/h10-13,16H,2-9H2,1H3,(H,17,18). The van der Waals surface area contributed by atoms with Crippen molar-refractivity contribution in [1.29, 1.82) is 0 Å². The van der Waals surface area contributed by atoms with Crippen LogP contribution in [-0.4, -0.2) is 46.8 Å². The van der Waals surface area contributed by atoms with Crippen molar-refractivity contribution in [3.8, 4) is 0 Å². The number of aliphatic carboxylic acids is 1. The van der Waals surface area contributed by atoms with E-state index in [9.17, 15) is 9.90 Å². The van der Waals surface area contributed by atoms with Gasteiger partial charge in [0.15, 0.2) is 0 Å². The summed E-state index contributed by atoms with van der Waals surface area (Å²) in [7, 11) is 0. The van der Waals surface area contributed by atoms with Crippen LogP contribution in [0.15, 0.2) is 0 Å². The lowest BCUT2D eigenvalue weighted by Gasteiger charge is -2.42. The maximum atomic E-state index is 10.8. The number of hydrogen-bond acceptors (Lipinski definition) is 3. The molecule has 104 valence electrons. The van der Waals surface area contributed by atoms with Crippen LogP contribution >= 0.6 is 0 Å². The average Bonchev–Trinajstić information content (AvgIpc) is 2.74. The van der Waals surface area contributed by atoms with Gasteiger partial charge >= 0.3 is 5.97 Å². The van der Waals surface area contributed by atoms with Crippen molar-refractivity contribution in [3.05, 3.63) is 0 Å². The number of aliphatic hydroxyl groups excluding tert-OH is 1. The predicted octanol–water partition coefficient (Wildman–Crippen LogP) is 1.58. The van der Waals surface area contributed by atoms with Crippen LogP contribution in [-0.2, 0) is 4.79 Å². The smallest absolute Gasteiger partial charge is 0.306 e. The molecule has 1 saturated carbocycles. The number of carbonyl (C=O) groups is 1. The second-order valence-corrected chi connectivity index (χ2v) is 6.15. The van der Waals surface area contributed by atoms with Crippen molar-refractivity contribution in [3.63, 3.8) is 0 Å². The maximum absolute atomic E-state index is 10.8. The fourth-order valence-electron chi connectivity index (χ4n) is 3.28. The molecule has 0 aromatic carbocycles. The van der Waals surface area contributed by atoms with Crippen molar-refractivity contribution < 1.29 is 15.0 Å². The summed E-state index contributed by atoms with van der Waals surface area (Å²) in [4.78, 5) is 13.0. The molecule has 1 aliphatic heterocycles. The maximum Gasteiger partial charge on any atom is 0.306 e. The summed E-state index contributed by atoms with van der Waals surface area (Å²) in [5.74, 6) is 0.0237. The van der Waals surface area contributed by atoms with Crippen LogP contribution in [0.5, 0.6) is 0 Å². The highest BCUT2D eigenvalue weighted by molar-refractivity contribution is 5.70. The Hall–Kier alpha value is -0.610. The van der Waals surface area contributed by atoms with Crippen molar-refractivity contribution in [2.45, 2.75) is 45.1 Å². The molecule has 1 aliphatic carbocycles. The Kier molecular flexibility index (Phi) is 4.62. The van der Waals surface area contributed by atoms with Crippen LogP contribution in [0.3, 0.4) is 0 Å². The molecule has 0 bridgehead atoms. The lowest BCUT2D eigenvalue weighted by atomic mass is 9.86. The van der Waals surface area contributed by atoms with Crippen LogP contribution in [0.1, 0.15) is 39.0 Å². The number of hydrogen-bond donors (Lipinski definition) is 2. The van der Waals surface area contributed by atoms with E-state index < -0.39 is 5.97 Å². The van der Waals surface area contributed by atoms with Crippen molar-refractivity contribution in [2.75, 3.05) is 19.6 Å². The highest BCUT2D eigenvalue weighted by Crippen LogP contribution is 2.30. The van der Waals surface area contributed by atoms with Crippen molar-refractivity contribution in [2.24, 2.45) is 17.8 Å².